The van der Waals surface area contributed by atoms with E-state index in [2.05, 4.69) is 16.0 Å². The summed E-state index contributed by atoms with van der Waals surface area (Å²) in [5.74, 6) is 0.266. The molecule has 0 saturated heterocycles. The largest absolute Gasteiger partial charge is 0.349 e. The van der Waals surface area contributed by atoms with Crippen molar-refractivity contribution in [1.82, 2.24) is 10.6 Å². The Morgan fingerprint density at radius 3 is 2.37 bits per heavy atom. The van der Waals surface area contributed by atoms with E-state index in [1.165, 1.54) is 0 Å². The lowest BCUT2D eigenvalue weighted by atomic mass is 10.0. The lowest BCUT2D eigenvalue weighted by Crippen LogP contribution is -2.35. The number of para-hydroxylation sites is 1. The number of rotatable bonds is 8. The van der Waals surface area contributed by atoms with Gasteiger partial charge >= 0.3 is 0 Å². The summed E-state index contributed by atoms with van der Waals surface area (Å²) >= 11 is 6.01. The second-order valence-electron chi connectivity index (χ2n) is 8.30. The molecule has 2 aromatic carbocycles. The molecule has 0 bridgehead atoms. The van der Waals surface area contributed by atoms with E-state index in [1.807, 2.05) is 36.4 Å². The fourth-order valence-corrected chi connectivity index (χ4v) is 4.30. The molecule has 0 heterocycles. The molecule has 2 aromatic rings. The molecule has 0 radical (unpaired) electrons. The minimum atomic E-state index is -0.157. The summed E-state index contributed by atoms with van der Waals surface area (Å²) in [5, 5.41) is 10.1. The van der Waals surface area contributed by atoms with Crippen LogP contribution in [0.1, 0.15) is 60.5 Å². The summed E-state index contributed by atoms with van der Waals surface area (Å²) in [5.41, 5.74) is 2.20. The minimum Gasteiger partial charge on any atom is -0.349 e. The fraction of sp³-hybridized carbons (Fsp3) is 0.417. The second kappa shape index (κ2) is 9.63. The SMILES string of the molecule is O=C(CN[C@@H](c1ccc(Cl)cc1)C1CC1)Nc1ccccc1C(=O)NC1CCCC1. The van der Waals surface area contributed by atoms with E-state index in [0.29, 0.717) is 22.2 Å². The van der Waals surface area contributed by atoms with Crippen LogP contribution in [0, 0.1) is 5.92 Å². The van der Waals surface area contributed by atoms with Crippen molar-refractivity contribution in [3.05, 3.63) is 64.7 Å². The number of hydrogen-bond acceptors (Lipinski definition) is 3. The monoisotopic (exact) mass is 425 g/mol. The maximum absolute atomic E-state index is 12.7. The predicted molar refractivity (Wildman–Crippen MR) is 120 cm³/mol. The van der Waals surface area contributed by atoms with Crippen LogP contribution >= 0.6 is 11.6 Å². The number of nitrogens with one attached hydrogen (secondary N) is 3. The number of hydrogen-bond donors (Lipinski definition) is 3. The number of benzene rings is 2. The molecule has 2 fully saturated rings. The molecule has 2 saturated carbocycles. The van der Waals surface area contributed by atoms with Gasteiger partial charge < -0.3 is 16.0 Å². The van der Waals surface area contributed by atoms with Gasteiger partial charge in [0, 0.05) is 17.1 Å². The summed E-state index contributed by atoms with van der Waals surface area (Å²) in [6.07, 6.45) is 6.68. The van der Waals surface area contributed by atoms with Gasteiger partial charge in [0.05, 0.1) is 17.8 Å². The molecule has 2 aliphatic carbocycles. The van der Waals surface area contributed by atoms with Gasteiger partial charge in [-0.25, -0.2) is 0 Å². The van der Waals surface area contributed by atoms with E-state index < -0.39 is 0 Å². The Morgan fingerprint density at radius 1 is 0.967 bits per heavy atom. The number of carbonyl (C=O) groups is 2. The molecule has 158 valence electrons. The topological polar surface area (TPSA) is 70.2 Å². The smallest absolute Gasteiger partial charge is 0.253 e. The molecule has 5 nitrogen and oxygen atoms in total. The Bertz CT molecular complexity index is 890. The van der Waals surface area contributed by atoms with Crippen LogP contribution in [0.2, 0.25) is 5.02 Å². The van der Waals surface area contributed by atoms with Crippen molar-refractivity contribution in [3.8, 4) is 0 Å². The van der Waals surface area contributed by atoms with E-state index in [-0.39, 0.29) is 30.4 Å². The summed E-state index contributed by atoms with van der Waals surface area (Å²) < 4.78 is 0. The third kappa shape index (κ3) is 5.41. The number of carbonyl (C=O) groups excluding carboxylic acids is 2. The third-order valence-corrected chi connectivity index (χ3v) is 6.19. The highest BCUT2D eigenvalue weighted by Gasteiger charge is 2.32. The Kier molecular flexibility index (Phi) is 6.70. The first-order valence-corrected chi connectivity index (χ1v) is 11.2. The van der Waals surface area contributed by atoms with Gasteiger partial charge in [-0.1, -0.05) is 48.7 Å². The zero-order chi connectivity index (χ0) is 20.9. The van der Waals surface area contributed by atoms with Crippen molar-refractivity contribution in [2.45, 2.75) is 50.6 Å². The zero-order valence-corrected chi connectivity index (χ0v) is 17.8. The van der Waals surface area contributed by atoms with Crippen LogP contribution in [0.25, 0.3) is 0 Å². The van der Waals surface area contributed by atoms with E-state index in [0.717, 1.165) is 44.1 Å². The molecule has 6 heteroatoms. The first-order valence-electron chi connectivity index (χ1n) is 10.8. The lowest BCUT2D eigenvalue weighted by Gasteiger charge is -2.19. The molecule has 2 amide bonds. The predicted octanol–water partition coefficient (Wildman–Crippen LogP) is 4.69. The van der Waals surface area contributed by atoms with Crippen LogP contribution in [0.4, 0.5) is 5.69 Å². The molecule has 0 aliphatic heterocycles. The third-order valence-electron chi connectivity index (χ3n) is 5.94. The fourth-order valence-electron chi connectivity index (χ4n) is 4.18. The summed E-state index contributed by atoms with van der Waals surface area (Å²) in [6, 6.07) is 15.3. The van der Waals surface area contributed by atoms with Crippen LogP contribution in [0.5, 0.6) is 0 Å². The summed E-state index contributed by atoms with van der Waals surface area (Å²) in [6.45, 7) is 0.183. The van der Waals surface area contributed by atoms with Crippen molar-refractivity contribution in [2.75, 3.05) is 11.9 Å². The Balaban J connectivity index is 1.36. The normalized spacial score (nSPS) is 17.5. The average molecular weight is 426 g/mol. The minimum absolute atomic E-state index is 0.122. The van der Waals surface area contributed by atoms with E-state index in [4.69, 9.17) is 11.6 Å². The Labute approximate surface area is 182 Å². The Morgan fingerprint density at radius 2 is 1.67 bits per heavy atom. The first-order chi connectivity index (χ1) is 14.6. The van der Waals surface area contributed by atoms with Crippen LogP contribution in [0.3, 0.4) is 0 Å². The van der Waals surface area contributed by atoms with E-state index in [1.54, 1.807) is 12.1 Å². The van der Waals surface area contributed by atoms with E-state index in [9.17, 15) is 9.59 Å². The molecule has 3 N–H and O–H groups in total. The van der Waals surface area contributed by atoms with Gasteiger partial charge in [0.2, 0.25) is 5.91 Å². The number of anilines is 1. The van der Waals surface area contributed by atoms with Crippen LogP contribution in [0.15, 0.2) is 48.5 Å². The molecular formula is C24H28ClN3O2. The highest BCUT2D eigenvalue weighted by atomic mass is 35.5. The summed E-state index contributed by atoms with van der Waals surface area (Å²) in [4.78, 5) is 25.3. The lowest BCUT2D eigenvalue weighted by molar-refractivity contribution is -0.115. The molecule has 0 unspecified atom stereocenters. The second-order valence-corrected chi connectivity index (χ2v) is 8.73. The zero-order valence-electron chi connectivity index (χ0n) is 17.0. The quantitative estimate of drug-likeness (QED) is 0.574. The number of amides is 2. The molecular weight excluding hydrogens is 398 g/mol. The van der Waals surface area contributed by atoms with Gasteiger partial charge in [0.25, 0.3) is 5.91 Å². The highest BCUT2D eigenvalue weighted by molar-refractivity contribution is 6.30. The average Bonchev–Trinajstić information content (AvgIpc) is 3.45. The van der Waals surface area contributed by atoms with Crippen molar-refractivity contribution < 1.29 is 9.59 Å². The highest BCUT2D eigenvalue weighted by Crippen LogP contribution is 2.41. The maximum atomic E-state index is 12.7. The Hall–Kier alpha value is -2.37. The maximum Gasteiger partial charge on any atom is 0.253 e. The van der Waals surface area contributed by atoms with Crippen LogP contribution < -0.4 is 16.0 Å². The van der Waals surface area contributed by atoms with Crippen molar-refractivity contribution >= 4 is 29.1 Å². The van der Waals surface area contributed by atoms with Gasteiger partial charge in [-0.15, -0.1) is 0 Å². The van der Waals surface area contributed by atoms with Crippen LogP contribution in [-0.2, 0) is 4.79 Å². The molecule has 1 atom stereocenters. The summed E-state index contributed by atoms with van der Waals surface area (Å²) in [7, 11) is 0. The van der Waals surface area contributed by atoms with Crippen molar-refractivity contribution in [1.29, 1.82) is 0 Å². The standard InChI is InChI=1S/C24H28ClN3O2/c25-18-13-11-17(12-14-18)23(16-9-10-16)26-15-22(29)28-21-8-4-3-7-20(21)24(30)27-19-5-1-2-6-19/h3-4,7-8,11-14,16,19,23,26H,1-2,5-6,9-10,15H2,(H,27,30)(H,28,29)/t23-/m1/s1. The molecule has 4 rings (SSSR count). The van der Waals surface area contributed by atoms with Crippen molar-refractivity contribution in [2.24, 2.45) is 5.92 Å². The molecule has 0 spiro atoms. The first kappa shape index (κ1) is 20.9. The molecule has 30 heavy (non-hydrogen) atoms. The van der Waals surface area contributed by atoms with Gasteiger partial charge in [-0.05, 0) is 61.4 Å². The van der Waals surface area contributed by atoms with Gasteiger partial charge in [0.15, 0.2) is 0 Å². The number of halogens is 1. The van der Waals surface area contributed by atoms with Gasteiger partial charge in [0.1, 0.15) is 0 Å². The van der Waals surface area contributed by atoms with Gasteiger partial charge in [-0.2, -0.15) is 0 Å². The van der Waals surface area contributed by atoms with Gasteiger partial charge in [-0.3, -0.25) is 9.59 Å². The van der Waals surface area contributed by atoms with Crippen molar-refractivity contribution in [3.63, 3.8) is 0 Å². The molecule has 0 aromatic heterocycles. The molecule has 2 aliphatic rings. The van der Waals surface area contributed by atoms with E-state index >= 15 is 0 Å². The van der Waals surface area contributed by atoms with Crippen LogP contribution in [-0.4, -0.2) is 24.4 Å².